The molecule has 8 heteroatoms. The molecule has 0 aliphatic carbocycles. The van der Waals surface area contributed by atoms with Crippen molar-refractivity contribution in [1.29, 1.82) is 0 Å². The smallest absolute Gasteiger partial charge is 0.256 e. The third-order valence-corrected chi connectivity index (χ3v) is 4.35. The van der Waals surface area contributed by atoms with Gasteiger partial charge in [0.05, 0.1) is 11.1 Å². The van der Waals surface area contributed by atoms with E-state index in [9.17, 15) is 13.6 Å². The fourth-order valence-corrected chi connectivity index (χ4v) is 2.68. The van der Waals surface area contributed by atoms with Gasteiger partial charge in [-0.15, -0.1) is 0 Å². The normalized spacial score (nSPS) is 10.1. The number of rotatable bonds is 3. The van der Waals surface area contributed by atoms with Crippen molar-refractivity contribution >= 4 is 34.4 Å². The number of fused-ring (bicyclic) bond motifs is 1. The molecular weight excluding hydrogens is 416 g/mol. The lowest BCUT2D eigenvalue weighted by Gasteiger charge is -2.11. The summed E-state index contributed by atoms with van der Waals surface area (Å²) in [5.74, 6) is -1.60. The van der Waals surface area contributed by atoms with Crippen LogP contribution in [0.25, 0.3) is 16.7 Å². The highest BCUT2D eigenvalue weighted by molar-refractivity contribution is 7.98. The number of halogens is 3. The van der Waals surface area contributed by atoms with Crippen LogP contribution in [0.4, 0.5) is 8.78 Å². The number of aromatic nitrogens is 3. The molecule has 3 rings (SSSR count). The Hall–Kier alpha value is -1.99. The van der Waals surface area contributed by atoms with E-state index >= 15 is 0 Å². The second-order valence-electron chi connectivity index (χ2n) is 6.05. The quantitative estimate of drug-likeness (QED) is 0.259. The van der Waals surface area contributed by atoms with Gasteiger partial charge >= 0.3 is 0 Å². The van der Waals surface area contributed by atoms with E-state index in [1.807, 2.05) is 0 Å². The van der Waals surface area contributed by atoms with Gasteiger partial charge in [-0.25, -0.2) is 18.7 Å². The summed E-state index contributed by atoms with van der Waals surface area (Å²) < 4.78 is 28.2. The SMILES string of the molecule is CCC.CCCC.CSc1nc(Cl)c2ccc(=O)n(-c3ccc(F)cc3F)c2n1. The first-order chi connectivity index (χ1) is 13.8. The maximum Gasteiger partial charge on any atom is 0.256 e. The molecule has 1 aromatic carbocycles. The lowest BCUT2D eigenvalue weighted by Crippen LogP contribution is -2.20. The van der Waals surface area contributed by atoms with Crippen molar-refractivity contribution in [2.45, 2.75) is 52.1 Å². The van der Waals surface area contributed by atoms with Gasteiger partial charge in [0.25, 0.3) is 5.56 Å². The summed E-state index contributed by atoms with van der Waals surface area (Å²) >= 11 is 7.32. The number of thioether (sulfide) groups is 1. The van der Waals surface area contributed by atoms with E-state index in [0.717, 1.165) is 10.6 Å². The molecule has 0 aliphatic rings. The molecule has 0 unspecified atom stereocenters. The molecular formula is C21H26ClF2N3OS. The first-order valence-electron chi connectivity index (χ1n) is 9.43. The third-order valence-electron chi connectivity index (χ3n) is 3.52. The van der Waals surface area contributed by atoms with Gasteiger partial charge in [0.1, 0.15) is 16.8 Å². The van der Waals surface area contributed by atoms with Gasteiger partial charge in [0, 0.05) is 12.1 Å². The van der Waals surface area contributed by atoms with Crippen LogP contribution in [-0.4, -0.2) is 20.8 Å². The summed E-state index contributed by atoms with van der Waals surface area (Å²) in [6.45, 7) is 8.61. The molecule has 0 saturated carbocycles. The van der Waals surface area contributed by atoms with Gasteiger partial charge in [-0.1, -0.05) is 70.3 Å². The van der Waals surface area contributed by atoms with E-state index < -0.39 is 17.2 Å². The van der Waals surface area contributed by atoms with Gasteiger partial charge in [0.2, 0.25) is 0 Å². The Balaban J connectivity index is 0.000000526. The standard InChI is InChI=1S/C14H8ClF2N3OS.C4H10.C3H8/c1-22-14-18-12(15)8-3-5-11(21)20(13(8)19-14)10-4-2-7(16)6-9(10)17;1-3-4-2;1-3-2/h2-6H,1H3;3-4H2,1-2H3;3H2,1-2H3. The van der Waals surface area contributed by atoms with Gasteiger partial charge < -0.3 is 0 Å². The summed E-state index contributed by atoms with van der Waals surface area (Å²) in [6.07, 6.45) is 5.64. The molecule has 3 aromatic rings. The summed E-state index contributed by atoms with van der Waals surface area (Å²) in [4.78, 5) is 20.5. The van der Waals surface area contributed by atoms with Crippen LogP contribution >= 0.6 is 23.4 Å². The van der Waals surface area contributed by atoms with Crippen LogP contribution in [0.15, 0.2) is 40.3 Å². The van der Waals surface area contributed by atoms with Crippen molar-refractivity contribution in [3.8, 4) is 5.69 Å². The molecule has 0 fully saturated rings. The fraction of sp³-hybridized carbons (Fsp3) is 0.381. The van der Waals surface area contributed by atoms with Crippen LogP contribution in [0.2, 0.25) is 5.15 Å². The van der Waals surface area contributed by atoms with Crippen molar-refractivity contribution < 1.29 is 8.78 Å². The van der Waals surface area contributed by atoms with Crippen molar-refractivity contribution in [3.05, 3.63) is 57.5 Å². The van der Waals surface area contributed by atoms with Crippen LogP contribution in [0.1, 0.15) is 47.0 Å². The van der Waals surface area contributed by atoms with Crippen LogP contribution in [0, 0.1) is 11.6 Å². The number of unbranched alkanes of at least 4 members (excludes halogenated alkanes) is 1. The number of hydrogen-bond donors (Lipinski definition) is 0. The lowest BCUT2D eigenvalue weighted by atomic mass is 10.2. The van der Waals surface area contributed by atoms with Gasteiger partial charge in [-0.3, -0.25) is 9.36 Å². The maximum absolute atomic E-state index is 14.0. The number of nitrogens with zero attached hydrogens (tertiary/aromatic N) is 3. The Morgan fingerprint density at radius 1 is 1.03 bits per heavy atom. The predicted molar refractivity (Wildman–Crippen MR) is 118 cm³/mol. The molecule has 2 aromatic heterocycles. The Labute approximate surface area is 179 Å². The zero-order chi connectivity index (χ0) is 22.0. The van der Waals surface area contributed by atoms with Crippen LogP contribution in [0.3, 0.4) is 0 Å². The highest BCUT2D eigenvalue weighted by atomic mass is 35.5. The number of benzene rings is 1. The van der Waals surface area contributed by atoms with E-state index in [2.05, 4.69) is 37.7 Å². The van der Waals surface area contributed by atoms with Gasteiger partial charge in [0.15, 0.2) is 10.8 Å². The van der Waals surface area contributed by atoms with Crippen LogP contribution < -0.4 is 5.56 Å². The van der Waals surface area contributed by atoms with Crippen molar-refractivity contribution in [3.63, 3.8) is 0 Å². The minimum atomic E-state index is -0.866. The van der Waals surface area contributed by atoms with E-state index in [1.54, 1.807) is 6.26 Å². The zero-order valence-electron chi connectivity index (χ0n) is 17.3. The second-order valence-corrected chi connectivity index (χ2v) is 7.18. The summed E-state index contributed by atoms with van der Waals surface area (Å²) in [6, 6.07) is 5.67. The van der Waals surface area contributed by atoms with Crippen molar-refractivity contribution in [2.75, 3.05) is 6.26 Å². The zero-order valence-corrected chi connectivity index (χ0v) is 18.9. The largest absolute Gasteiger partial charge is 0.269 e. The first kappa shape index (κ1) is 25.0. The molecule has 0 spiro atoms. The summed E-state index contributed by atoms with van der Waals surface area (Å²) in [5, 5.41) is 0.910. The van der Waals surface area contributed by atoms with Crippen LogP contribution in [0.5, 0.6) is 0 Å². The molecule has 0 radical (unpaired) electrons. The van der Waals surface area contributed by atoms with E-state index in [1.165, 1.54) is 49.2 Å². The van der Waals surface area contributed by atoms with Crippen LogP contribution in [-0.2, 0) is 0 Å². The average Bonchev–Trinajstić information content (AvgIpc) is 2.69. The first-order valence-corrected chi connectivity index (χ1v) is 11.0. The molecule has 158 valence electrons. The van der Waals surface area contributed by atoms with Gasteiger partial charge in [-0.2, -0.15) is 0 Å². The molecule has 0 saturated heterocycles. The Morgan fingerprint density at radius 3 is 2.17 bits per heavy atom. The van der Waals surface area contributed by atoms with E-state index in [4.69, 9.17) is 11.6 Å². The Morgan fingerprint density at radius 2 is 1.66 bits per heavy atom. The molecule has 2 heterocycles. The minimum absolute atomic E-state index is 0.0983. The lowest BCUT2D eigenvalue weighted by molar-refractivity contribution is 0.577. The monoisotopic (exact) mass is 441 g/mol. The van der Waals surface area contributed by atoms with Crippen molar-refractivity contribution in [2.24, 2.45) is 0 Å². The van der Waals surface area contributed by atoms with Gasteiger partial charge in [-0.05, 0) is 24.5 Å². The summed E-state index contributed by atoms with van der Waals surface area (Å²) in [5.41, 5.74) is -0.430. The minimum Gasteiger partial charge on any atom is -0.269 e. The fourth-order valence-electron chi connectivity index (χ4n) is 2.05. The number of pyridine rings is 1. The molecule has 0 bridgehead atoms. The van der Waals surface area contributed by atoms with E-state index in [-0.39, 0.29) is 16.5 Å². The predicted octanol–water partition coefficient (Wildman–Crippen LogP) is 6.66. The highest BCUT2D eigenvalue weighted by Crippen LogP contribution is 2.24. The molecule has 0 aliphatic heterocycles. The highest BCUT2D eigenvalue weighted by Gasteiger charge is 2.15. The maximum atomic E-state index is 14.0. The molecule has 0 atom stereocenters. The van der Waals surface area contributed by atoms with E-state index in [0.29, 0.717) is 16.6 Å². The molecule has 4 nitrogen and oxygen atoms in total. The Kier molecular flexibility index (Phi) is 10.8. The molecule has 29 heavy (non-hydrogen) atoms. The molecule has 0 N–H and O–H groups in total. The molecule has 0 amide bonds. The topological polar surface area (TPSA) is 47.8 Å². The third kappa shape index (κ3) is 6.78. The van der Waals surface area contributed by atoms with Crippen molar-refractivity contribution in [1.82, 2.24) is 14.5 Å². The average molecular weight is 442 g/mol. The number of hydrogen-bond acceptors (Lipinski definition) is 4. The Bertz CT molecular complexity index is 994. The second kappa shape index (κ2) is 12.5. The summed E-state index contributed by atoms with van der Waals surface area (Å²) in [7, 11) is 0.